The average Bonchev–Trinajstić information content (AvgIpc) is 3.33. The van der Waals surface area contributed by atoms with E-state index in [0.717, 1.165) is 16.9 Å². The number of rotatable bonds is 4. The van der Waals surface area contributed by atoms with Crippen LogP contribution in [0.5, 0.6) is 0 Å². The highest BCUT2D eigenvalue weighted by atomic mass is 32.2. The Labute approximate surface area is 172 Å². The molecule has 1 aromatic carbocycles. The van der Waals surface area contributed by atoms with Gasteiger partial charge >= 0.3 is 4.87 Å². The Morgan fingerprint density at radius 2 is 1.86 bits per heavy atom. The molecule has 1 saturated heterocycles. The predicted octanol–water partition coefficient (Wildman–Crippen LogP) is 2.38. The van der Waals surface area contributed by atoms with Gasteiger partial charge in [-0.15, -0.1) is 0 Å². The number of fused-ring (bicyclic) bond motifs is 1. The molecule has 0 unspecified atom stereocenters. The maximum atomic E-state index is 13.1. The summed E-state index contributed by atoms with van der Waals surface area (Å²) in [5, 5.41) is 0. The summed E-state index contributed by atoms with van der Waals surface area (Å²) in [6.07, 6.45) is 2.82. The lowest BCUT2D eigenvalue weighted by molar-refractivity contribution is 0.0697. The number of hydrogen-bond acceptors (Lipinski definition) is 6. The summed E-state index contributed by atoms with van der Waals surface area (Å²) in [7, 11) is -3.71. The Hall–Kier alpha value is -2.43. The minimum Gasteiger partial charge on any atom is -0.472 e. The first-order valence-corrected chi connectivity index (χ1v) is 11.5. The zero-order valence-electron chi connectivity index (χ0n) is 16.1. The van der Waals surface area contributed by atoms with Crippen molar-refractivity contribution in [1.82, 2.24) is 13.8 Å². The minimum absolute atomic E-state index is 0.000418. The Kier molecular flexibility index (Phi) is 5.09. The van der Waals surface area contributed by atoms with Gasteiger partial charge in [-0.2, -0.15) is 4.31 Å². The highest BCUT2D eigenvalue weighted by molar-refractivity contribution is 7.89. The molecular formula is C19H21N3O5S2. The van der Waals surface area contributed by atoms with E-state index in [2.05, 4.69) is 0 Å². The summed E-state index contributed by atoms with van der Waals surface area (Å²) >= 11 is 1.05. The van der Waals surface area contributed by atoms with E-state index < -0.39 is 10.0 Å². The van der Waals surface area contributed by atoms with Crippen LogP contribution in [0.25, 0.3) is 10.2 Å². The molecular weight excluding hydrogens is 414 g/mol. The van der Waals surface area contributed by atoms with Gasteiger partial charge in [0.05, 0.1) is 26.9 Å². The summed E-state index contributed by atoms with van der Waals surface area (Å²) in [4.78, 5) is 26.3. The number of nitrogens with zero attached hydrogens (tertiary/aromatic N) is 3. The molecule has 1 fully saturated rings. The Morgan fingerprint density at radius 3 is 2.48 bits per heavy atom. The van der Waals surface area contributed by atoms with Gasteiger partial charge in [-0.1, -0.05) is 11.3 Å². The molecule has 0 saturated carbocycles. The van der Waals surface area contributed by atoms with Crippen molar-refractivity contribution < 1.29 is 17.6 Å². The summed E-state index contributed by atoms with van der Waals surface area (Å²) < 4.78 is 34.8. The number of aromatic nitrogens is 1. The number of benzene rings is 1. The summed E-state index contributed by atoms with van der Waals surface area (Å²) in [5.74, 6) is -0.169. The number of furan rings is 1. The quantitative estimate of drug-likeness (QED) is 0.627. The third kappa shape index (κ3) is 3.52. The normalized spacial score (nSPS) is 16.0. The fourth-order valence-electron chi connectivity index (χ4n) is 3.52. The van der Waals surface area contributed by atoms with Gasteiger partial charge in [0, 0.05) is 32.2 Å². The number of amides is 1. The number of carbonyl (C=O) groups is 1. The molecule has 0 aliphatic carbocycles. The third-order valence-electron chi connectivity index (χ3n) is 5.03. The second kappa shape index (κ2) is 7.43. The summed E-state index contributed by atoms with van der Waals surface area (Å²) in [5.41, 5.74) is 1.20. The molecule has 0 atom stereocenters. The monoisotopic (exact) mass is 435 g/mol. The van der Waals surface area contributed by atoms with Gasteiger partial charge in [-0.05, 0) is 38.1 Å². The van der Waals surface area contributed by atoms with Crippen LogP contribution in [0.4, 0.5) is 0 Å². The molecule has 1 aliphatic rings. The van der Waals surface area contributed by atoms with E-state index in [0.29, 0.717) is 23.4 Å². The molecule has 2 aromatic heterocycles. The van der Waals surface area contributed by atoms with Gasteiger partial charge in [0.1, 0.15) is 6.26 Å². The van der Waals surface area contributed by atoms with Crippen molar-refractivity contribution in [3.05, 3.63) is 52.0 Å². The molecule has 0 spiro atoms. The molecule has 29 heavy (non-hydrogen) atoms. The van der Waals surface area contributed by atoms with E-state index in [-0.39, 0.29) is 34.8 Å². The molecule has 3 aromatic rings. The molecule has 4 rings (SSSR count). The number of hydrogen-bond donors (Lipinski definition) is 0. The zero-order valence-corrected chi connectivity index (χ0v) is 17.7. The minimum atomic E-state index is -3.71. The summed E-state index contributed by atoms with van der Waals surface area (Å²) in [6.45, 7) is 4.89. The van der Waals surface area contributed by atoms with E-state index in [9.17, 15) is 18.0 Å². The standard InChI is InChI=1S/C19H21N3O5S2/c1-13(2)22-16-4-3-15(11-17(16)28-19(22)24)29(25,26)21-8-6-20(7-9-21)18(23)14-5-10-27-12-14/h3-5,10-13H,6-9H2,1-2H3. The van der Waals surface area contributed by atoms with Gasteiger partial charge < -0.3 is 9.32 Å². The van der Waals surface area contributed by atoms with E-state index in [1.54, 1.807) is 33.7 Å². The highest BCUT2D eigenvalue weighted by Crippen LogP contribution is 2.26. The van der Waals surface area contributed by atoms with E-state index in [1.165, 1.54) is 16.8 Å². The van der Waals surface area contributed by atoms with Crippen LogP contribution < -0.4 is 4.87 Å². The lowest BCUT2D eigenvalue weighted by atomic mass is 10.2. The molecule has 10 heteroatoms. The molecule has 154 valence electrons. The second-order valence-corrected chi connectivity index (χ2v) is 10.1. The second-order valence-electron chi connectivity index (χ2n) is 7.17. The Morgan fingerprint density at radius 1 is 1.14 bits per heavy atom. The van der Waals surface area contributed by atoms with Crippen LogP contribution in [0.2, 0.25) is 0 Å². The first kappa shape index (κ1) is 19.9. The largest absolute Gasteiger partial charge is 0.472 e. The number of thiazole rings is 1. The van der Waals surface area contributed by atoms with Crippen molar-refractivity contribution in [1.29, 1.82) is 0 Å². The predicted molar refractivity (Wildman–Crippen MR) is 110 cm³/mol. The molecule has 8 nitrogen and oxygen atoms in total. The van der Waals surface area contributed by atoms with Crippen molar-refractivity contribution in [2.75, 3.05) is 26.2 Å². The van der Waals surface area contributed by atoms with Crippen LogP contribution in [0, 0.1) is 0 Å². The Balaban J connectivity index is 1.55. The van der Waals surface area contributed by atoms with Crippen LogP contribution in [-0.4, -0.2) is 54.3 Å². The number of carbonyl (C=O) groups excluding carboxylic acids is 1. The van der Waals surface area contributed by atoms with Gasteiger partial charge in [0.25, 0.3) is 5.91 Å². The maximum Gasteiger partial charge on any atom is 0.308 e. The lowest BCUT2D eigenvalue weighted by Gasteiger charge is -2.33. The van der Waals surface area contributed by atoms with Crippen LogP contribution in [0.15, 0.2) is 50.9 Å². The molecule has 3 heterocycles. The molecule has 0 N–H and O–H groups in total. The van der Waals surface area contributed by atoms with E-state index in [4.69, 9.17) is 4.42 Å². The Bertz CT molecular complexity index is 1200. The highest BCUT2D eigenvalue weighted by Gasteiger charge is 2.31. The van der Waals surface area contributed by atoms with Crippen LogP contribution in [0.1, 0.15) is 30.2 Å². The van der Waals surface area contributed by atoms with Crippen molar-refractivity contribution in [2.24, 2.45) is 0 Å². The van der Waals surface area contributed by atoms with Crippen LogP contribution in [-0.2, 0) is 10.0 Å². The van der Waals surface area contributed by atoms with E-state index in [1.807, 2.05) is 13.8 Å². The molecule has 0 bridgehead atoms. The van der Waals surface area contributed by atoms with Crippen molar-refractivity contribution >= 4 is 37.5 Å². The summed E-state index contributed by atoms with van der Waals surface area (Å²) in [6, 6.07) is 6.40. The van der Waals surface area contributed by atoms with Crippen LogP contribution in [0.3, 0.4) is 0 Å². The first-order valence-electron chi connectivity index (χ1n) is 9.26. The maximum absolute atomic E-state index is 13.1. The van der Waals surface area contributed by atoms with Gasteiger partial charge in [0.15, 0.2) is 0 Å². The topological polar surface area (TPSA) is 92.8 Å². The van der Waals surface area contributed by atoms with Crippen LogP contribution >= 0.6 is 11.3 Å². The smallest absolute Gasteiger partial charge is 0.308 e. The molecule has 1 amide bonds. The number of piperazine rings is 1. The molecule has 0 radical (unpaired) electrons. The van der Waals surface area contributed by atoms with Gasteiger partial charge in [-0.25, -0.2) is 8.42 Å². The number of sulfonamides is 1. The van der Waals surface area contributed by atoms with Gasteiger partial charge in [0.2, 0.25) is 10.0 Å². The van der Waals surface area contributed by atoms with Gasteiger partial charge in [-0.3, -0.25) is 14.2 Å². The van der Waals surface area contributed by atoms with E-state index >= 15 is 0 Å². The molecule has 1 aliphatic heterocycles. The lowest BCUT2D eigenvalue weighted by Crippen LogP contribution is -2.50. The fourth-order valence-corrected chi connectivity index (χ4v) is 6.09. The zero-order chi connectivity index (χ0) is 20.8. The first-order chi connectivity index (χ1) is 13.8. The SMILES string of the molecule is CC(C)n1c(=O)sc2cc(S(=O)(=O)N3CCN(C(=O)c4ccoc4)CC3)ccc21. The van der Waals surface area contributed by atoms with Crippen molar-refractivity contribution in [3.63, 3.8) is 0 Å². The van der Waals surface area contributed by atoms with Crippen molar-refractivity contribution in [2.45, 2.75) is 24.8 Å². The van der Waals surface area contributed by atoms with Crippen molar-refractivity contribution in [3.8, 4) is 0 Å². The average molecular weight is 436 g/mol. The fraction of sp³-hybridized carbons (Fsp3) is 0.368. The third-order valence-corrected chi connectivity index (χ3v) is 7.85.